The maximum Gasteiger partial charge on any atom is 0.250 e. The molecule has 0 saturated heterocycles. The van der Waals surface area contributed by atoms with E-state index in [0.29, 0.717) is 17.0 Å². The molecule has 0 aliphatic heterocycles. The van der Waals surface area contributed by atoms with Crippen LogP contribution in [0.3, 0.4) is 0 Å². The fraction of sp³-hybridized carbons (Fsp3) is 0.364. The molecule has 0 bridgehead atoms. The van der Waals surface area contributed by atoms with Crippen LogP contribution < -0.4 is 4.72 Å². The smallest absolute Gasteiger partial charge is 0.250 e. The number of rotatable bonds is 5. The molecule has 104 valence electrons. The van der Waals surface area contributed by atoms with Gasteiger partial charge in [0.25, 0.3) is 0 Å². The molecule has 0 aliphatic rings. The molecule has 8 heteroatoms. The molecule has 0 radical (unpaired) electrons. The Morgan fingerprint density at radius 3 is 2.74 bits per heavy atom. The molecule has 0 saturated carbocycles. The lowest BCUT2D eigenvalue weighted by molar-refractivity contribution is 0.282. The van der Waals surface area contributed by atoms with Crippen LogP contribution in [0.4, 0.5) is 0 Å². The predicted octanol–water partition coefficient (Wildman–Crippen LogP) is 1.32. The minimum Gasteiger partial charge on any atom is -0.392 e. The summed E-state index contributed by atoms with van der Waals surface area (Å²) in [7, 11) is -3.57. The molecule has 2 aromatic rings. The van der Waals surface area contributed by atoms with Crippen LogP contribution in [0.2, 0.25) is 0 Å². The van der Waals surface area contributed by atoms with Crippen molar-refractivity contribution in [1.29, 1.82) is 0 Å². The van der Waals surface area contributed by atoms with Crippen LogP contribution >= 0.6 is 11.3 Å². The average Bonchev–Trinajstić information content (AvgIpc) is 2.96. The summed E-state index contributed by atoms with van der Waals surface area (Å²) in [5, 5.41) is 14.3. The van der Waals surface area contributed by atoms with Crippen molar-refractivity contribution < 1.29 is 18.0 Å². The predicted molar refractivity (Wildman–Crippen MR) is 70.2 cm³/mol. The van der Waals surface area contributed by atoms with E-state index in [1.807, 2.05) is 0 Å². The van der Waals surface area contributed by atoms with Gasteiger partial charge in [0.1, 0.15) is 9.97 Å². The molecule has 2 N–H and O–H groups in total. The van der Waals surface area contributed by atoms with Gasteiger partial charge in [-0.3, -0.25) is 0 Å². The third-order valence-corrected chi connectivity index (χ3v) is 5.59. The minimum absolute atomic E-state index is 0.135. The Labute approximate surface area is 115 Å². The van der Waals surface area contributed by atoms with E-state index in [-0.39, 0.29) is 17.4 Å². The Morgan fingerprint density at radius 2 is 2.21 bits per heavy atom. The van der Waals surface area contributed by atoms with E-state index in [4.69, 9.17) is 9.63 Å². The molecule has 2 heterocycles. The third-order valence-electron chi connectivity index (χ3n) is 2.70. The lowest BCUT2D eigenvalue weighted by atomic mass is 10.2. The topological polar surface area (TPSA) is 92.4 Å². The Morgan fingerprint density at radius 1 is 1.47 bits per heavy atom. The molecule has 0 aliphatic carbocycles. The van der Waals surface area contributed by atoms with E-state index >= 15 is 0 Å². The molecule has 19 heavy (non-hydrogen) atoms. The minimum atomic E-state index is -3.57. The highest BCUT2D eigenvalue weighted by molar-refractivity contribution is 7.91. The maximum atomic E-state index is 12.0. The van der Waals surface area contributed by atoms with Crippen molar-refractivity contribution >= 4 is 21.4 Å². The molecule has 6 nitrogen and oxygen atoms in total. The average molecular weight is 302 g/mol. The quantitative estimate of drug-likeness (QED) is 0.869. The second kappa shape index (κ2) is 5.41. The lowest BCUT2D eigenvalue weighted by Crippen LogP contribution is -2.22. The van der Waals surface area contributed by atoms with E-state index in [2.05, 4.69) is 9.88 Å². The second-order valence-corrected chi connectivity index (χ2v) is 6.96. The highest BCUT2D eigenvalue weighted by atomic mass is 32.2. The molecule has 0 atom stereocenters. The van der Waals surface area contributed by atoms with Gasteiger partial charge in [0.15, 0.2) is 0 Å². The molecular formula is C11H14N2O4S2. The second-order valence-electron chi connectivity index (χ2n) is 4.06. The highest BCUT2D eigenvalue weighted by Crippen LogP contribution is 2.21. The van der Waals surface area contributed by atoms with Gasteiger partial charge in [0.2, 0.25) is 10.0 Å². The number of hydrogen-bond acceptors (Lipinski definition) is 6. The lowest BCUT2D eigenvalue weighted by Gasteiger charge is -2.04. The summed E-state index contributed by atoms with van der Waals surface area (Å²) in [5.41, 5.74) is 1.99. The van der Waals surface area contributed by atoms with Gasteiger partial charge in [0, 0.05) is 12.1 Å². The summed E-state index contributed by atoms with van der Waals surface area (Å²) in [4.78, 5) is 0. The third kappa shape index (κ3) is 3.03. The van der Waals surface area contributed by atoms with Gasteiger partial charge in [-0.15, -0.1) is 11.3 Å². The molecule has 2 rings (SSSR count). The van der Waals surface area contributed by atoms with Crippen LogP contribution in [0.25, 0.3) is 0 Å². The first-order valence-electron chi connectivity index (χ1n) is 5.53. The van der Waals surface area contributed by atoms with Gasteiger partial charge in [-0.25, -0.2) is 13.1 Å². The van der Waals surface area contributed by atoms with E-state index < -0.39 is 10.0 Å². The molecule has 0 aromatic carbocycles. The Hall–Kier alpha value is -1.22. The fourth-order valence-electron chi connectivity index (χ4n) is 1.57. The molecule has 0 unspecified atom stereocenters. The standard InChI is InChI=1S/C11H14N2O4S2/c1-7-10(8(2)17-13-7)4-12-19(15,16)11-3-9(5-14)6-18-11/h3,6,12,14H,4-5H2,1-2H3. The number of sulfonamides is 1. The number of hydrogen-bond donors (Lipinski definition) is 2. The first-order valence-corrected chi connectivity index (χ1v) is 7.90. The maximum absolute atomic E-state index is 12.0. The largest absolute Gasteiger partial charge is 0.392 e. The van der Waals surface area contributed by atoms with Gasteiger partial charge in [-0.2, -0.15) is 0 Å². The SMILES string of the molecule is Cc1noc(C)c1CNS(=O)(=O)c1cc(CO)cs1. The van der Waals surface area contributed by atoms with Crippen molar-refractivity contribution in [2.24, 2.45) is 0 Å². The summed E-state index contributed by atoms with van der Waals surface area (Å²) >= 11 is 1.08. The Kier molecular flexibility index (Phi) is 4.04. The summed E-state index contributed by atoms with van der Waals surface area (Å²) in [6.45, 7) is 3.46. The van der Waals surface area contributed by atoms with Crippen molar-refractivity contribution in [3.8, 4) is 0 Å². The van der Waals surface area contributed by atoms with Crippen molar-refractivity contribution in [3.05, 3.63) is 34.0 Å². The van der Waals surface area contributed by atoms with E-state index in [9.17, 15) is 8.42 Å². The monoisotopic (exact) mass is 302 g/mol. The van der Waals surface area contributed by atoms with Crippen molar-refractivity contribution in [2.45, 2.75) is 31.2 Å². The zero-order valence-electron chi connectivity index (χ0n) is 10.5. The van der Waals surface area contributed by atoms with Crippen molar-refractivity contribution in [2.75, 3.05) is 0 Å². The van der Waals surface area contributed by atoms with Gasteiger partial charge in [-0.1, -0.05) is 5.16 Å². The first-order chi connectivity index (χ1) is 8.94. The molecular weight excluding hydrogens is 288 g/mol. The van der Waals surface area contributed by atoms with Crippen LogP contribution in [-0.2, 0) is 23.2 Å². The van der Waals surface area contributed by atoms with Crippen LogP contribution in [0.15, 0.2) is 20.2 Å². The normalized spacial score (nSPS) is 11.9. The zero-order valence-corrected chi connectivity index (χ0v) is 12.1. The Balaban J connectivity index is 2.14. The number of nitrogens with one attached hydrogen (secondary N) is 1. The van der Waals surface area contributed by atoms with Gasteiger partial charge >= 0.3 is 0 Å². The van der Waals surface area contributed by atoms with Crippen LogP contribution in [0.5, 0.6) is 0 Å². The summed E-state index contributed by atoms with van der Waals surface area (Å²) in [6, 6.07) is 1.46. The van der Waals surface area contributed by atoms with Crippen LogP contribution in [0.1, 0.15) is 22.6 Å². The number of aliphatic hydroxyl groups excluding tert-OH is 1. The number of thiophene rings is 1. The molecule has 0 spiro atoms. The molecule has 2 aromatic heterocycles. The number of aryl methyl sites for hydroxylation is 2. The Bertz CT molecular complexity index is 653. The highest BCUT2D eigenvalue weighted by Gasteiger charge is 2.18. The van der Waals surface area contributed by atoms with Gasteiger partial charge in [-0.05, 0) is 30.9 Å². The van der Waals surface area contributed by atoms with Crippen molar-refractivity contribution in [3.63, 3.8) is 0 Å². The van der Waals surface area contributed by atoms with Crippen LogP contribution in [-0.4, -0.2) is 18.7 Å². The number of nitrogens with zero attached hydrogens (tertiary/aromatic N) is 1. The van der Waals surface area contributed by atoms with E-state index in [1.165, 1.54) is 6.07 Å². The summed E-state index contributed by atoms with van der Waals surface area (Å²) < 4.78 is 31.7. The molecule has 0 amide bonds. The van der Waals surface area contributed by atoms with Crippen molar-refractivity contribution in [1.82, 2.24) is 9.88 Å². The summed E-state index contributed by atoms with van der Waals surface area (Å²) in [5.74, 6) is 0.599. The van der Waals surface area contributed by atoms with Crippen LogP contribution in [0, 0.1) is 13.8 Å². The molecule has 0 fully saturated rings. The van der Waals surface area contributed by atoms with E-state index in [1.54, 1.807) is 19.2 Å². The number of aromatic nitrogens is 1. The van der Waals surface area contributed by atoms with E-state index in [0.717, 1.165) is 16.9 Å². The summed E-state index contributed by atoms with van der Waals surface area (Å²) in [6.07, 6.45) is 0. The van der Waals surface area contributed by atoms with Gasteiger partial charge in [0.05, 0.1) is 12.3 Å². The zero-order chi connectivity index (χ0) is 14.0. The first kappa shape index (κ1) is 14.2. The fourth-order valence-corrected chi connectivity index (χ4v) is 3.81. The van der Waals surface area contributed by atoms with Gasteiger partial charge < -0.3 is 9.63 Å². The number of aliphatic hydroxyl groups is 1.